The highest BCUT2D eigenvalue weighted by Crippen LogP contribution is 2.34. The minimum absolute atomic E-state index is 0.569. The van der Waals surface area contributed by atoms with Crippen molar-refractivity contribution in [3.05, 3.63) is 22.4 Å². The standard InChI is InChI=1S/C14H21NS2/c1-3-5-6-11(15-8-4-2)13-10-14-12(17-13)7-9-16-14/h7,9-11,15H,3-6,8H2,1-2H3. The van der Waals surface area contributed by atoms with E-state index < -0.39 is 0 Å². The van der Waals surface area contributed by atoms with Gasteiger partial charge in [-0.3, -0.25) is 0 Å². The first kappa shape index (κ1) is 13.1. The van der Waals surface area contributed by atoms with Crippen molar-refractivity contribution >= 4 is 32.1 Å². The van der Waals surface area contributed by atoms with Crippen molar-refractivity contribution in [3.63, 3.8) is 0 Å². The van der Waals surface area contributed by atoms with Crippen molar-refractivity contribution in [1.29, 1.82) is 0 Å². The summed E-state index contributed by atoms with van der Waals surface area (Å²) in [6, 6.07) is 5.19. The molecule has 1 N–H and O–H groups in total. The van der Waals surface area contributed by atoms with Gasteiger partial charge in [-0.25, -0.2) is 0 Å². The Hall–Kier alpha value is -0.380. The average molecular weight is 267 g/mol. The third-order valence-corrected chi connectivity index (χ3v) is 5.20. The second-order valence-electron chi connectivity index (χ2n) is 4.45. The molecule has 94 valence electrons. The molecular weight excluding hydrogens is 246 g/mol. The zero-order valence-corrected chi connectivity index (χ0v) is 12.3. The summed E-state index contributed by atoms with van der Waals surface area (Å²) < 4.78 is 2.90. The molecule has 2 rings (SSSR count). The molecule has 0 aliphatic heterocycles. The maximum Gasteiger partial charge on any atom is 0.0454 e. The largest absolute Gasteiger partial charge is 0.309 e. The van der Waals surface area contributed by atoms with Crippen LogP contribution >= 0.6 is 22.7 Å². The van der Waals surface area contributed by atoms with Gasteiger partial charge in [0.05, 0.1) is 0 Å². The van der Waals surface area contributed by atoms with Gasteiger partial charge in [-0.05, 0) is 36.9 Å². The van der Waals surface area contributed by atoms with Crippen LogP contribution in [0.5, 0.6) is 0 Å². The fourth-order valence-electron chi connectivity index (χ4n) is 2.03. The van der Waals surface area contributed by atoms with E-state index in [0.717, 1.165) is 6.54 Å². The van der Waals surface area contributed by atoms with Crippen LogP contribution in [0.15, 0.2) is 17.5 Å². The van der Waals surface area contributed by atoms with Gasteiger partial charge in [-0.1, -0.05) is 26.7 Å². The fourth-order valence-corrected chi connectivity index (χ4v) is 4.26. The predicted molar refractivity (Wildman–Crippen MR) is 80.3 cm³/mol. The normalized spacial score (nSPS) is 13.3. The SMILES string of the molecule is CCCCC(NCCC)c1cc2sccc2s1. The lowest BCUT2D eigenvalue weighted by atomic mass is 10.1. The predicted octanol–water partition coefficient (Wildman–Crippen LogP) is 5.19. The second kappa shape index (κ2) is 6.53. The van der Waals surface area contributed by atoms with Crippen LogP contribution in [0.4, 0.5) is 0 Å². The monoisotopic (exact) mass is 267 g/mol. The Labute approximate surface area is 112 Å². The molecule has 2 heterocycles. The number of thiophene rings is 2. The maximum absolute atomic E-state index is 3.69. The number of nitrogens with one attached hydrogen (secondary N) is 1. The molecular formula is C14H21NS2. The summed E-state index contributed by atoms with van der Waals surface area (Å²) in [6.07, 6.45) is 5.07. The Morgan fingerprint density at radius 1 is 1.24 bits per heavy atom. The number of fused-ring (bicyclic) bond motifs is 1. The molecule has 17 heavy (non-hydrogen) atoms. The van der Waals surface area contributed by atoms with Gasteiger partial charge in [-0.2, -0.15) is 0 Å². The van der Waals surface area contributed by atoms with Crippen LogP contribution < -0.4 is 5.32 Å². The lowest BCUT2D eigenvalue weighted by Crippen LogP contribution is -2.21. The molecule has 2 aromatic heterocycles. The summed E-state index contributed by atoms with van der Waals surface area (Å²) in [5.41, 5.74) is 0. The van der Waals surface area contributed by atoms with Gasteiger partial charge in [0.2, 0.25) is 0 Å². The zero-order chi connectivity index (χ0) is 12.1. The Morgan fingerprint density at radius 3 is 2.82 bits per heavy atom. The topological polar surface area (TPSA) is 12.0 Å². The van der Waals surface area contributed by atoms with Gasteiger partial charge in [0.25, 0.3) is 0 Å². The van der Waals surface area contributed by atoms with Gasteiger partial charge in [0, 0.05) is 20.3 Å². The summed E-state index contributed by atoms with van der Waals surface area (Å²) in [6.45, 7) is 5.63. The molecule has 0 aliphatic rings. The molecule has 0 fully saturated rings. The molecule has 1 unspecified atom stereocenters. The first-order chi connectivity index (χ1) is 8.35. The molecule has 0 amide bonds. The summed E-state index contributed by atoms with van der Waals surface area (Å²) in [7, 11) is 0. The van der Waals surface area contributed by atoms with Crippen molar-refractivity contribution in [2.45, 2.75) is 45.6 Å². The fraction of sp³-hybridized carbons (Fsp3) is 0.571. The van der Waals surface area contributed by atoms with Gasteiger partial charge in [-0.15, -0.1) is 22.7 Å². The van der Waals surface area contributed by atoms with E-state index >= 15 is 0 Å². The quantitative estimate of drug-likeness (QED) is 0.727. The van der Waals surface area contributed by atoms with Gasteiger partial charge >= 0.3 is 0 Å². The Kier molecular flexibility index (Phi) is 5.01. The number of rotatable bonds is 7. The highest BCUT2D eigenvalue weighted by Gasteiger charge is 2.13. The van der Waals surface area contributed by atoms with E-state index in [9.17, 15) is 0 Å². The van der Waals surface area contributed by atoms with Crippen molar-refractivity contribution in [2.24, 2.45) is 0 Å². The molecule has 0 radical (unpaired) electrons. The summed E-state index contributed by atoms with van der Waals surface area (Å²) >= 11 is 3.82. The van der Waals surface area contributed by atoms with E-state index in [-0.39, 0.29) is 0 Å². The third-order valence-electron chi connectivity index (χ3n) is 2.99. The van der Waals surface area contributed by atoms with E-state index in [2.05, 4.69) is 36.7 Å². The minimum Gasteiger partial charge on any atom is -0.309 e. The van der Waals surface area contributed by atoms with Crippen LogP contribution in [0.2, 0.25) is 0 Å². The van der Waals surface area contributed by atoms with Crippen LogP contribution in [0, 0.1) is 0 Å². The molecule has 3 heteroatoms. The maximum atomic E-state index is 3.69. The summed E-state index contributed by atoms with van der Waals surface area (Å²) in [5.74, 6) is 0. The van der Waals surface area contributed by atoms with Crippen molar-refractivity contribution in [1.82, 2.24) is 5.32 Å². The molecule has 0 spiro atoms. The Balaban J connectivity index is 2.10. The second-order valence-corrected chi connectivity index (χ2v) is 6.51. The first-order valence-electron chi connectivity index (χ1n) is 6.55. The van der Waals surface area contributed by atoms with E-state index in [1.54, 1.807) is 0 Å². The van der Waals surface area contributed by atoms with Crippen LogP contribution in [0.25, 0.3) is 9.40 Å². The zero-order valence-electron chi connectivity index (χ0n) is 10.7. The van der Waals surface area contributed by atoms with Crippen LogP contribution in [-0.2, 0) is 0 Å². The highest BCUT2D eigenvalue weighted by atomic mass is 32.1. The average Bonchev–Trinajstić information content (AvgIpc) is 2.89. The van der Waals surface area contributed by atoms with Crippen LogP contribution in [-0.4, -0.2) is 6.54 Å². The highest BCUT2D eigenvalue weighted by molar-refractivity contribution is 7.26. The van der Waals surface area contributed by atoms with Gasteiger partial charge < -0.3 is 5.32 Å². The van der Waals surface area contributed by atoms with Crippen molar-refractivity contribution in [2.75, 3.05) is 6.54 Å². The van der Waals surface area contributed by atoms with Crippen LogP contribution in [0.1, 0.15) is 50.4 Å². The number of hydrogen-bond acceptors (Lipinski definition) is 3. The van der Waals surface area contributed by atoms with Crippen molar-refractivity contribution in [3.8, 4) is 0 Å². The first-order valence-corrected chi connectivity index (χ1v) is 8.25. The van der Waals surface area contributed by atoms with E-state index in [4.69, 9.17) is 0 Å². The molecule has 2 aromatic rings. The van der Waals surface area contributed by atoms with Crippen LogP contribution in [0.3, 0.4) is 0 Å². The van der Waals surface area contributed by atoms with Crippen molar-refractivity contribution < 1.29 is 0 Å². The minimum atomic E-state index is 0.569. The Bertz CT molecular complexity index is 407. The molecule has 1 nitrogen and oxygen atoms in total. The number of hydrogen-bond donors (Lipinski definition) is 1. The molecule has 0 saturated heterocycles. The molecule has 0 bridgehead atoms. The Morgan fingerprint density at radius 2 is 2.12 bits per heavy atom. The lowest BCUT2D eigenvalue weighted by molar-refractivity contribution is 0.488. The molecule has 0 aliphatic carbocycles. The van der Waals surface area contributed by atoms with Gasteiger partial charge in [0.1, 0.15) is 0 Å². The van der Waals surface area contributed by atoms with E-state index in [0.29, 0.717) is 6.04 Å². The van der Waals surface area contributed by atoms with E-state index in [1.165, 1.54) is 40.0 Å². The molecule has 0 saturated carbocycles. The van der Waals surface area contributed by atoms with Gasteiger partial charge in [0.15, 0.2) is 0 Å². The third kappa shape index (κ3) is 3.30. The van der Waals surface area contributed by atoms with E-state index in [1.807, 2.05) is 22.7 Å². The lowest BCUT2D eigenvalue weighted by Gasteiger charge is -2.16. The summed E-state index contributed by atoms with van der Waals surface area (Å²) in [4.78, 5) is 1.52. The summed E-state index contributed by atoms with van der Waals surface area (Å²) in [5, 5.41) is 5.87. The molecule has 0 aromatic carbocycles. The smallest absolute Gasteiger partial charge is 0.0454 e. The number of unbranched alkanes of at least 4 members (excludes halogenated alkanes) is 1. The molecule has 1 atom stereocenters.